The molecule has 0 unspecified atom stereocenters. The second kappa shape index (κ2) is 3.71. The second-order valence-corrected chi connectivity index (χ2v) is 4.49. The van der Waals surface area contributed by atoms with Crippen LogP contribution in [-0.2, 0) is 0 Å². The number of carbonyl (C=O) groups is 1. The molecule has 2 aromatic heterocycles. The highest BCUT2D eigenvalue weighted by molar-refractivity contribution is 7.07. The van der Waals surface area contributed by atoms with Gasteiger partial charge < -0.3 is 10.1 Å². The number of aromatic hydroxyl groups is 1. The van der Waals surface area contributed by atoms with Gasteiger partial charge in [0.25, 0.3) is 0 Å². The smallest absolute Gasteiger partial charge is 0.161 e. The number of fused-ring (bicyclic) bond motifs is 1. The van der Waals surface area contributed by atoms with Crippen molar-refractivity contribution in [2.75, 3.05) is 0 Å². The molecule has 0 radical (unpaired) electrons. The number of rotatable bonds is 2. The van der Waals surface area contributed by atoms with Gasteiger partial charge in [0, 0.05) is 5.39 Å². The van der Waals surface area contributed by atoms with E-state index in [1.54, 1.807) is 18.2 Å². The first kappa shape index (κ1) is 10.0. The summed E-state index contributed by atoms with van der Waals surface area (Å²) in [6, 6.07) is 8.94. The number of nitrogens with one attached hydrogen (secondary N) is 1. The number of aromatic amines is 1. The third kappa shape index (κ3) is 1.60. The van der Waals surface area contributed by atoms with Crippen molar-refractivity contribution in [3.63, 3.8) is 0 Å². The van der Waals surface area contributed by atoms with E-state index in [1.807, 2.05) is 12.1 Å². The Morgan fingerprint density at radius 3 is 2.94 bits per heavy atom. The minimum Gasteiger partial charge on any atom is -0.506 e. The van der Waals surface area contributed by atoms with Crippen LogP contribution in [0.4, 0.5) is 0 Å². The van der Waals surface area contributed by atoms with Gasteiger partial charge in [-0.3, -0.25) is 4.79 Å². The van der Waals surface area contributed by atoms with Crippen molar-refractivity contribution >= 4 is 28.7 Å². The monoisotopic (exact) mass is 244 g/mol. The Morgan fingerprint density at radius 1 is 1.35 bits per heavy atom. The molecular formula is C12H8N2O2S. The van der Waals surface area contributed by atoms with Crippen molar-refractivity contribution < 1.29 is 9.90 Å². The van der Waals surface area contributed by atoms with Gasteiger partial charge in [-0.15, -0.1) is 0 Å². The Labute approximate surface area is 101 Å². The van der Waals surface area contributed by atoms with Gasteiger partial charge in [0.05, 0.1) is 16.1 Å². The molecule has 84 valence electrons. The SMILES string of the molecule is O=Cc1cc(-c2cc3cccc(O)c3[nH]2)ns1. The quantitative estimate of drug-likeness (QED) is 0.681. The molecule has 2 N–H and O–H groups in total. The average molecular weight is 244 g/mol. The molecule has 3 rings (SSSR count). The van der Waals surface area contributed by atoms with Gasteiger partial charge in [0.2, 0.25) is 0 Å². The fraction of sp³-hybridized carbons (Fsp3) is 0. The molecule has 0 aliphatic heterocycles. The Morgan fingerprint density at radius 2 is 2.24 bits per heavy atom. The lowest BCUT2D eigenvalue weighted by atomic mass is 10.2. The summed E-state index contributed by atoms with van der Waals surface area (Å²) in [5.41, 5.74) is 2.20. The molecular weight excluding hydrogens is 236 g/mol. The molecule has 0 saturated heterocycles. The summed E-state index contributed by atoms with van der Waals surface area (Å²) in [5, 5.41) is 10.6. The van der Waals surface area contributed by atoms with Gasteiger partial charge in [-0.25, -0.2) is 0 Å². The zero-order valence-corrected chi connectivity index (χ0v) is 9.49. The highest BCUT2D eigenvalue weighted by atomic mass is 32.1. The van der Waals surface area contributed by atoms with Gasteiger partial charge in [-0.1, -0.05) is 12.1 Å². The molecule has 0 amide bonds. The minimum absolute atomic E-state index is 0.208. The molecule has 1 aromatic carbocycles. The van der Waals surface area contributed by atoms with Crippen LogP contribution in [-0.4, -0.2) is 20.8 Å². The fourth-order valence-corrected chi connectivity index (χ4v) is 2.31. The van der Waals surface area contributed by atoms with Crippen LogP contribution < -0.4 is 0 Å². The average Bonchev–Trinajstić information content (AvgIpc) is 2.95. The van der Waals surface area contributed by atoms with Crippen LogP contribution in [0.2, 0.25) is 0 Å². The summed E-state index contributed by atoms with van der Waals surface area (Å²) >= 11 is 1.16. The molecule has 0 saturated carbocycles. The normalized spacial score (nSPS) is 10.8. The number of hydrogen-bond donors (Lipinski definition) is 2. The number of benzene rings is 1. The second-order valence-electron chi connectivity index (χ2n) is 3.66. The first-order chi connectivity index (χ1) is 8.28. The number of aldehydes is 1. The van der Waals surface area contributed by atoms with Crippen LogP contribution in [0.15, 0.2) is 30.3 Å². The summed E-state index contributed by atoms with van der Waals surface area (Å²) in [6.07, 6.45) is 0.779. The van der Waals surface area contributed by atoms with Crippen molar-refractivity contribution in [3.05, 3.63) is 35.2 Å². The maximum atomic E-state index is 10.6. The van der Waals surface area contributed by atoms with Crippen LogP contribution in [0.3, 0.4) is 0 Å². The maximum absolute atomic E-state index is 10.6. The molecule has 0 spiro atoms. The van der Waals surface area contributed by atoms with E-state index in [4.69, 9.17) is 0 Å². The van der Waals surface area contributed by atoms with E-state index in [0.29, 0.717) is 16.1 Å². The Hall–Kier alpha value is -2.14. The zero-order chi connectivity index (χ0) is 11.8. The van der Waals surface area contributed by atoms with E-state index < -0.39 is 0 Å². The first-order valence-corrected chi connectivity index (χ1v) is 5.78. The van der Waals surface area contributed by atoms with Crippen molar-refractivity contribution in [3.8, 4) is 17.1 Å². The van der Waals surface area contributed by atoms with Gasteiger partial charge in [0.15, 0.2) is 6.29 Å². The highest BCUT2D eigenvalue weighted by Gasteiger charge is 2.09. The van der Waals surface area contributed by atoms with Crippen molar-refractivity contribution in [1.29, 1.82) is 0 Å². The summed E-state index contributed by atoms with van der Waals surface area (Å²) in [7, 11) is 0. The van der Waals surface area contributed by atoms with E-state index in [1.165, 1.54) is 0 Å². The highest BCUT2D eigenvalue weighted by Crippen LogP contribution is 2.29. The summed E-state index contributed by atoms with van der Waals surface area (Å²) in [4.78, 5) is 14.3. The van der Waals surface area contributed by atoms with E-state index in [-0.39, 0.29) is 5.75 Å². The lowest BCUT2D eigenvalue weighted by Crippen LogP contribution is -1.75. The number of hydrogen-bond acceptors (Lipinski definition) is 4. The molecule has 17 heavy (non-hydrogen) atoms. The molecule has 0 fully saturated rings. The van der Waals surface area contributed by atoms with Crippen LogP contribution in [0.25, 0.3) is 22.3 Å². The first-order valence-electron chi connectivity index (χ1n) is 5.01. The maximum Gasteiger partial charge on any atom is 0.161 e. The number of para-hydroxylation sites is 1. The molecule has 3 aromatic rings. The molecule has 5 heteroatoms. The third-order valence-corrected chi connectivity index (χ3v) is 3.27. The summed E-state index contributed by atoms with van der Waals surface area (Å²) in [5.74, 6) is 0.208. The topological polar surface area (TPSA) is 66.0 Å². The van der Waals surface area contributed by atoms with E-state index in [2.05, 4.69) is 9.36 Å². The standard InChI is InChI=1S/C12H8N2O2S/c15-6-8-5-10(14-17-8)9-4-7-2-1-3-11(16)12(7)13-9/h1-6,13,16H. The molecule has 0 aliphatic rings. The van der Waals surface area contributed by atoms with Crippen LogP contribution in [0.1, 0.15) is 9.67 Å². The van der Waals surface area contributed by atoms with Gasteiger partial charge >= 0.3 is 0 Å². The zero-order valence-electron chi connectivity index (χ0n) is 8.68. The lowest BCUT2D eigenvalue weighted by Gasteiger charge is -1.92. The van der Waals surface area contributed by atoms with E-state index >= 15 is 0 Å². The van der Waals surface area contributed by atoms with Crippen LogP contribution >= 0.6 is 11.5 Å². The van der Waals surface area contributed by atoms with Gasteiger partial charge in [-0.2, -0.15) is 4.37 Å². The van der Waals surface area contributed by atoms with Crippen LogP contribution in [0.5, 0.6) is 5.75 Å². The molecule has 0 bridgehead atoms. The van der Waals surface area contributed by atoms with Gasteiger partial charge in [-0.05, 0) is 29.7 Å². The molecule has 4 nitrogen and oxygen atoms in total. The summed E-state index contributed by atoms with van der Waals surface area (Å²) < 4.78 is 4.18. The fourth-order valence-electron chi connectivity index (χ4n) is 1.75. The van der Waals surface area contributed by atoms with E-state index in [9.17, 15) is 9.90 Å². The van der Waals surface area contributed by atoms with Crippen LogP contribution in [0, 0.1) is 0 Å². The Balaban J connectivity index is 2.17. The largest absolute Gasteiger partial charge is 0.506 e. The predicted octanol–water partition coefficient (Wildman–Crippen LogP) is 2.81. The number of carbonyl (C=O) groups excluding carboxylic acids is 1. The Kier molecular flexibility index (Phi) is 2.19. The molecule has 0 aliphatic carbocycles. The lowest BCUT2D eigenvalue weighted by molar-refractivity contribution is 0.112. The molecule has 2 heterocycles. The number of H-pyrrole nitrogens is 1. The summed E-state index contributed by atoms with van der Waals surface area (Å²) in [6.45, 7) is 0. The number of phenolic OH excluding ortho intramolecular Hbond substituents is 1. The van der Waals surface area contributed by atoms with Crippen molar-refractivity contribution in [2.45, 2.75) is 0 Å². The van der Waals surface area contributed by atoms with Crippen molar-refractivity contribution in [1.82, 2.24) is 9.36 Å². The number of nitrogens with zero attached hydrogens (tertiary/aromatic N) is 1. The minimum atomic E-state index is 0.208. The number of aromatic nitrogens is 2. The third-order valence-electron chi connectivity index (χ3n) is 2.55. The van der Waals surface area contributed by atoms with E-state index in [0.717, 1.165) is 28.9 Å². The Bertz CT molecular complexity index is 699. The predicted molar refractivity (Wildman–Crippen MR) is 66.5 cm³/mol. The number of phenols is 1. The van der Waals surface area contributed by atoms with Gasteiger partial charge in [0.1, 0.15) is 11.4 Å². The molecule has 0 atom stereocenters. The van der Waals surface area contributed by atoms with Crippen molar-refractivity contribution in [2.24, 2.45) is 0 Å².